The minimum absolute atomic E-state index is 0.146. The third-order valence-electron chi connectivity index (χ3n) is 4.47. The van der Waals surface area contributed by atoms with Crippen LogP contribution in [-0.4, -0.2) is 63.6 Å². The zero-order chi connectivity index (χ0) is 21.3. The number of carbonyl (C=O) groups excluding carboxylic acids is 2. The van der Waals surface area contributed by atoms with E-state index in [2.05, 4.69) is 5.32 Å². The molecule has 1 heterocycles. The van der Waals surface area contributed by atoms with E-state index < -0.39 is 28.5 Å². The number of sulfonamides is 1. The minimum atomic E-state index is -3.54. The highest BCUT2D eigenvalue weighted by molar-refractivity contribution is 7.89. The predicted molar refractivity (Wildman–Crippen MR) is 108 cm³/mol. The Hall–Kier alpha value is -1.97. The fraction of sp³-hybridized carbons (Fsp3) is 0.600. The topological polar surface area (TPSA) is 102 Å². The van der Waals surface area contributed by atoms with E-state index in [-0.39, 0.29) is 16.6 Å². The van der Waals surface area contributed by atoms with E-state index >= 15 is 0 Å². The van der Waals surface area contributed by atoms with Gasteiger partial charge in [-0.05, 0) is 57.4 Å². The Bertz CT molecular complexity index is 771. The van der Waals surface area contributed by atoms with Crippen molar-refractivity contribution in [2.45, 2.75) is 50.5 Å². The average molecular weight is 427 g/mol. The van der Waals surface area contributed by atoms with Crippen LogP contribution in [0.1, 0.15) is 49.9 Å². The molecule has 1 aromatic rings. The first-order chi connectivity index (χ1) is 13.8. The Kier molecular flexibility index (Phi) is 9.06. The summed E-state index contributed by atoms with van der Waals surface area (Å²) in [5.41, 5.74) is 0.195. The third kappa shape index (κ3) is 7.41. The number of nitrogens with zero attached hydrogens (tertiary/aromatic N) is 1. The fourth-order valence-corrected chi connectivity index (χ4v) is 4.42. The first kappa shape index (κ1) is 23.3. The molecule has 0 radical (unpaired) electrons. The molecule has 1 aliphatic heterocycles. The quantitative estimate of drug-likeness (QED) is 0.453. The molecule has 1 saturated heterocycles. The SMILES string of the molecule is CC(C)OCCCNC(=O)COC(=O)c1ccc(S(=O)(=O)N2CCCCC2)cc1. The molecule has 1 fully saturated rings. The first-order valence-corrected chi connectivity index (χ1v) is 11.4. The molecule has 0 atom stereocenters. The van der Waals surface area contributed by atoms with Gasteiger partial charge in [0.25, 0.3) is 5.91 Å². The van der Waals surface area contributed by atoms with Crippen molar-refractivity contribution in [2.75, 3.05) is 32.8 Å². The number of amides is 1. The van der Waals surface area contributed by atoms with Crippen LogP contribution >= 0.6 is 0 Å². The Morgan fingerprint density at radius 1 is 1.10 bits per heavy atom. The molecule has 0 saturated carbocycles. The minimum Gasteiger partial charge on any atom is -0.452 e. The van der Waals surface area contributed by atoms with Crippen LogP contribution in [0.25, 0.3) is 0 Å². The van der Waals surface area contributed by atoms with E-state index in [1.54, 1.807) is 0 Å². The molecule has 0 unspecified atom stereocenters. The van der Waals surface area contributed by atoms with Crippen molar-refractivity contribution >= 4 is 21.9 Å². The molecule has 1 aliphatic rings. The molecule has 162 valence electrons. The van der Waals surface area contributed by atoms with E-state index in [9.17, 15) is 18.0 Å². The van der Waals surface area contributed by atoms with Crippen LogP contribution in [0, 0.1) is 0 Å². The summed E-state index contributed by atoms with van der Waals surface area (Å²) in [6.45, 7) is 5.51. The number of ether oxygens (including phenoxy) is 2. The largest absolute Gasteiger partial charge is 0.452 e. The van der Waals surface area contributed by atoms with Gasteiger partial charge in [-0.15, -0.1) is 0 Å². The number of rotatable bonds is 10. The molecule has 0 aliphatic carbocycles. The van der Waals surface area contributed by atoms with Gasteiger partial charge in [0, 0.05) is 26.2 Å². The van der Waals surface area contributed by atoms with Gasteiger partial charge in [0.15, 0.2) is 6.61 Å². The lowest BCUT2D eigenvalue weighted by atomic mass is 10.2. The summed E-state index contributed by atoms with van der Waals surface area (Å²) in [6, 6.07) is 5.60. The molecule has 9 heteroatoms. The van der Waals surface area contributed by atoms with Crippen LogP contribution in [0.4, 0.5) is 0 Å². The molecule has 8 nitrogen and oxygen atoms in total. The fourth-order valence-electron chi connectivity index (χ4n) is 2.90. The molecule has 0 spiro atoms. The first-order valence-electron chi connectivity index (χ1n) is 9.96. The summed E-state index contributed by atoms with van der Waals surface area (Å²) in [5, 5.41) is 2.65. The highest BCUT2D eigenvalue weighted by Crippen LogP contribution is 2.21. The molecule has 1 amide bonds. The number of nitrogens with one attached hydrogen (secondary N) is 1. The van der Waals surface area contributed by atoms with Crippen LogP contribution in [0.5, 0.6) is 0 Å². The monoisotopic (exact) mass is 426 g/mol. The zero-order valence-electron chi connectivity index (χ0n) is 17.1. The second-order valence-corrected chi connectivity index (χ2v) is 9.13. The summed E-state index contributed by atoms with van der Waals surface area (Å²) in [6.07, 6.45) is 3.57. The van der Waals surface area contributed by atoms with Crippen molar-refractivity contribution in [1.29, 1.82) is 0 Å². The summed E-state index contributed by atoms with van der Waals surface area (Å²) in [4.78, 5) is 24.0. The standard InChI is InChI=1S/C20H30N2O6S/c1-16(2)27-14-6-11-21-19(23)15-28-20(24)17-7-9-18(10-8-17)29(25,26)22-12-4-3-5-13-22/h7-10,16H,3-6,11-15H2,1-2H3,(H,21,23). The van der Waals surface area contributed by atoms with Crippen molar-refractivity contribution < 1.29 is 27.5 Å². The van der Waals surface area contributed by atoms with Gasteiger partial charge < -0.3 is 14.8 Å². The molecule has 0 bridgehead atoms. The smallest absolute Gasteiger partial charge is 0.338 e. The zero-order valence-corrected chi connectivity index (χ0v) is 17.9. The lowest BCUT2D eigenvalue weighted by Crippen LogP contribution is -2.35. The summed E-state index contributed by atoms with van der Waals surface area (Å²) in [7, 11) is -3.54. The molecule has 1 aromatic carbocycles. The second-order valence-electron chi connectivity index (χ2n) is 7.19. The Labute approximate surface area is 172 Å². The molecular weight excluding hydrogens is 396 g/mol. The third-order valence-corrected chi connectivity index (χ3v) is 6.38. The maximum atomic E-state index is 12.6. The van der Waals surface area contributed by atoms with Gasteiger partial charge in [-0.25, -0.2) is 13.2 Å². The van der Waals surface area contributed by atoms with Crippen LogP contribution in [0.15, 0.2) is 29.2 Å². The Morgan fingerprint density at radius 2 is 1.76 bits per heavy atom. The summed E-state index contributed by atoms with van der Waals surface area (Å²) < 4.78 is 37.1. The lowest BCUT2D eigenvalue weighted by Gasteiger charge is -2.25. The number of benzene rings is 1. The molecular formula is C20H30N2O6S. The summed E-state index contributed by atoms with van der Waals surface area (Å²) >= 11 is 0. The summed E-state index contributed by atoms with van der Waals surface area (Å²) in [5.74, 6) is -1.07. The van der Waals surface area contributed by atoms with Crippen LogP contribution < -0.4 is 5.32 Å². The van der Waals surface area contributed by atoms with Gasteiger partial charge in [-0.3, -0.25) is 4.79 Å². The van der Waals surface area contributed by atoms with Crippen molar-refractivity contribution in [3.05, 3.63) is 29.8 Å². The van der Waals surface area contributed by atoms with E-state index in [1.165, 1.54) is 28.6 Å². The Balaban J connectivity index is 1.79. The maximum Gasteiger partial charge on any atom is 0.338 e. The van der Waals surface area contributed by atoms with E-state index in [1.807, 2.05) is 13.8 Å². The number of hydrogen-bond acceptors (Lipinski definition) is 6. The van der Waals surface area contributed by atoms with Gasteiger partial charge >= 0.3 is 5.97 Å². The number of esters is 1. The normalized spacial score (nSPS) is 15.3. The van der Waals surface area contributed by atoms with Gasteiger partial charge in [-0.2, -0.15) is 4.31 Å². The van der Waals surface area contributed by atoms with Gasteiger partial charge in [0.2, 0.25) is 10.0 Å². The Morgan fingerprint density at radius 3 is 2.38 bits per heavy atom. The highest BCUT2D eigenvalue weighted by atomic mass is 32.2. The highest BCUT2D eigenvalue weighted by Gasteiger charge is 2.26. The molecule has 29 heavy (non-hydrogen) atoms. The molecule has 2 rings (SSSR count). The van der Waals surface area contributed by atoms with Gasteiger partial charge in [0.1, 0.15) is 0 Å². The predicted octanol–water partition coefficient (Wildman–Crippen LogP) is 1.95. The second kappa shape index (κ2) is 11.3. The van der Waals surface area contributed by atoms with Crippen molar-refractivity contribution in [2.24, 2.45) is 0 Å². The molecule has 1 N–H and O–H groups in total. The van der Waals surface area contributed by atoms with Gasteiger partial charge in [-0.1, -0.05) is 6.42 Å². The number of carbonyl (C=O) groups is 2. The van der Waals surface area contributed by atoms with Crippen molar-refractivity contribution in [3.8, 4) is 0 Å². The average Bonchev–Trinajstić information content (AvgIpc) is 2.72. The van der Waals surface area contributed by atoms with E-state index in [4.69, 9.17) is 9.47 Å². The lowest BCUT2D eigenvalue weighted by molar-refractivity contribution is -0.124. The van der Waals surface area contributed by atoms with Crippen molar-refractivity contribution in [3.63, 3.8) is 0 Å². The van der Waals surface area contributed by atoms with E-state index in [0.717, 1.165) is 19.3 Å². The van der Waals surface area contributed by atoms with Crippen molar-refractivity contribution in [1.82, 2.24) is 9.62 Å². The van der Waals surface area contributed by atoms with Crippen LogP contribution in [0.2, 0.25) is 0 Å². The van der Waals surface area contributed by atoms with Crippen LogP contribution in [-0.2, 0) is 24.3 Å². The number of hydrogen-bond donors (Lipinski definition) is 1. The maximum absolute atomic E-state index is 12.6. The van der Waals surface area contributed by atoms with E-state index in [0.29, 0.717) is 32.7 Å². The molecule has 0 aromatic heterocycles. The van der Waals surface area contributed by atoms with Gasteiger partial charge in [0.05, 0.1) is 16.6 Å². The van der Waals surface area contributed by atoms with Crippen LogP contribution in [0.3, 0.4) is 0 Å². The number of piperidine rings is 1.